The van der Waals surface area contributed by atoms with E-state index in [1.165, 1.54) is 0 Å². The molecule has 1 aromatic heterocycles. The molecule has 0 aliphatic rings. The molecule has 0 bridgehead atoms. The van der Waals surface area contributed by atoms with Crippen molar-refractivity contribution >= 4 is 23.1 Å². The molecule has 1 heterocycles. The van der Waals surface area contributed by atoms with Crippen molar-refractivity contribution in [1.82, 2.24) is 9.97 Å². The molecular formula is C22H20F3N5. The first kappa shape index (κ1) is 21.1. The molecule has 3 rings (SSSR count). The average molecular weight is 411 g/mol. The van der Waals surface area contributed by atoms with Crippen molar-refractivity contribution in [3.05, 3.63) is 71.4 Å². The van der Waals surface area contributed by atoms with E-state index in [4.69, 9.17) is 5.26 Å². The van der Waals surface area contributed by atoms with E-state index < -0.39 is 11.7 Å². The lowest BCUT2D eigenvalue weighted by atomic mass is 10.0. The second-order valence-corrected chi connectivity index (χ2v) is 7.05. The molecule has 0 radical (unpaired) electrons. The minimum atomic E-state index is -4.61. The third-order valence-electron chi connectivity index (χ3n) is 4.61. The highest BCUT2D eigenvalue weighted by molar-refractivity contribution is 5.64. The Kier molecular flexibility index (Phi) is 5.92. The molecule has 0 saturated carbocycles. The molecule has 0 amide bonds. The van der Waals surface area contributed by atoms with Crippen LogP contribution in [0, 0.1) is 11.3 Å². The predicted octanol–water partition coefficient (Wildman–Crippen LogP) is 6.00. The molecular weight excluding hydrogens is 391 g/mol. The Morgan fingerprint density at radius 2 is 1.67 bits per heavy atom. The van der Waals surface area contributed by atoms with Gasteiger partial charge in [-0.25, -0.2) is 4.98 Å². The highest BCUT2D eigenvalue weighted by Gasteiger charge is 2.35. The number of anilines is 4. The van der Waals surface area contributed by atoms with Crippen LogP contribution < -0.4 is 10.2 Å². The van der Waals surface area contributed by atoms with E-state index in [1.807, 2.05) is 32.0 Å². The van der Waals surface area contributed by atoms with Gasteiger partial charge in [-0.2, -0.15) is 23.4 Å². The summed E-state index contributed by atoms with van der Waals surface area (Å²) >= 11 is 0. The Hall–Kier alpha value is -3.60. The van der Waals surface area contributed by atoms with Crippen molar-refractivity contribution in [2.45, 2.75) is 25.9 Å². The van der Waals surface area contributed by atoms with E-state index in [0.717, 1.165) is 11.8 Å². The van der Waals surface area contributed by atoms with Crippen molar-refractivity contribution in [2.75, 3.05) is 17.3 Å². The number of alkyl halides is 3. The molecule has 154 valence electrons. The highest BCUT2D eigenvalue weighted by Crippen LogP contribution is 2.36. The van der Waals surface area contributed by atoms with Gasteiger partial charge in [0.1, 0.15) is 11.4 Å². The fourth-order valence-corrected chi connectivity index (χ4v) is 2.80. The van der Waals surface area contributed by atoms with Gasteiger partial charge < -0.3 is 10.2 Å². The van der Waals surface area contributed by atoms with Crippen molar-refractivity contribution in [1.29, 1.82) is 5.26 Å². The molecule has 0 aliphatic carbocycles. The number of rotatable bonds is 5. The van der Waals surface area contributed by atoms with Crippen LogP contribution >= 0.6 is 0 Å². The molecule has 30 heavy (non-hydrogen) atoms. The average Bonchev–Trinajstić information content (AvgIpc) is 2.73. The third kappa shape index (κ3) is 4.69. The zero-order chi connectivity index (χ0) is 21.9. The van der Waals surface area contributed by atoms with E-state index >= 15 is 0 Å². The van der Waals surface area contributed by atoms with Crippen LogP contribution in [0.3, 0.4) is 0 Å². The normalized spacial score (nSPS) is 11.3. The maximum absolute atomic E-state index is 13.5. The van der Waals surface area contributed by atoms with Crippen molar-refractivity contribution in [2.24, 2.45) is 0 Å². The number of halogens is 3. The Morgan fingerprint density at radius 3 is 2.20 bits per heavy atom. The van der Waals surface area contributed by atoms with E-state index in [9.17, 15) is 13.2 Å². The van der Waals surface area contributed by atoms with Crippen molar-refractivity contribution in [3.63, 3.8) is 0 Å². The van der Waals surface area contributed by atoms with E-state index in [-0.39, 0.29) is 11.8 Å². The van der Waals surface area contributed by atoms with Crippen LogP contribution in [0.25, 0.3) is 0 Å². The molecule has 0 saturated heterocycles. The molecule has 5 nitrogen and oxygen atoms in total. The lowest BCUT2D eigenvalue weighted by molar-refractivity contribution is -0.137. The maximum Gasteiger partial charge on any atom is 0.421 e. The van der Waals surface area contributed by atoms with Crippen molar-refractivity contribution in [3.8, 4) is 6.07 Å². The number of hydrogen-bond donors (Lipinski definition) is 1. The lowest BCUT2D eigenvalue weighted by Crippen LogP contribution is -2.17. The first-order valence-electron chi connectivity index (χ1n) is 9.24. The lowest BCUT2D eigenvalue weighted by Gasteiger charge is -2.20. The fraction of sp³-hybridized carbons (Fsp3) is 0.227. The van der Waals surface area contributed by atoms with Crippen LogP contribution in [0.15, 0.2) is 54.7 Å². The van der Waals surface area contributed by atoms with Gasteiger partial charge in [-0.3, -0.25) is 0 Å². The maximum atomic E-state index is 13.5. The number of nitriles is 1. The van der Waals surface area contributed by atoms with Gasteiger partial charge in [0.05, 0.1) is 11.6 Å². The third-order valence-corrected chi connectivity index (χ3v) is 4.61. The summed E-state index contributed by atoms with van der Waals surface area (Å²) in [6.07, 6.45) is -3.83. The Labute approximate surface area is 172 Å². The molecule has 0 unspecified atom stereocenters. The quantitative estimate of drug-likeness (QED) is 0.558. The van der Waals surface area contributed by atoms with Crippen LogP contribution in [0.4, 0.5) is 36.3 Å². The van der Waals surface area contributed by atoms with Crippen LogP contribution in [0.2, 0.25) is 0 Å². The molecule has 0 spiro atoms. The van der Waals surface area contributed by atoms with Gasteiger partial charge in [0, 0.05) is 24.6 Å². The van der Waals surface area contributed by atoms with Gasteiger partial charge in [0.2, 0.25) is 5.95 Å². The minimum absolute atomic E-state index is 0.0917. The molecule has 2 aromatic carbocycles. The second kappa shape index (κ2) is 8.41. The first-order valence-corrected chi connectivity index (χ1v) is 9.24. The summed E-state index contributed by atoms with van der Waals surface area (Å²) in [5, 5.41) is 11.7. The SMILES string of the molecule is CC(C)c1ccc(Nc2nc(N(C)c3ccc(C#N)cc3)ncc2C(F)(F)F)cc1. The van der Waals surface area contributed by atoms with Gasteiger partial charge in [-0.1, -0.05) is 26.0 Å². The minimum Gasteiger partial charge on any atom is -0.340 e. The summed E-state index contributed by atoms with van der Waals surface area (Å²) in [5.41, 5.74) is 1.75. The number of aromatic nitrogens is 2. The fourth-order valence-electron chi connectivity index (χ4n) is 2.80. The highest BCUT2D eigenvalue weighted by atomic mass is 19.4. The number of nitrogens with zero attached hydrogens (tertiary/aromatic N) is 4. The molecule has 0 aliphatic heterocycles. The van der Waals surface area contributed by atoms with Gasteiger partial charge in [-0.15, -0.1) is 0 Å². The number of hydrogen-bond acceptors (Lipinski definition) is 5. The zero-order valence-corrected chi connectivity index (χ0v) is 16.7. The topological polar surface area (TPSA) is 64.8 Å². The molecule has 0 atom stereocenters. The molecule has 0 fully saturated rings. The van der Waals surface area contributed by atoms with Crippen LogP contribution in [-0.2, 0) is 6.18 Å². The number of nitrogens with one attached hydrogen (secondary N) is 1. The molecule has 3 aromatic rings. The number of benzene rings is 2. The standard InChI is InChI=1S/C22H20F3N5/c1-14(2)16-6-8-17(9-7-16)28-20-19(22(23,24)25)13-27-21(29-20)30(3)18-10-4-15(12-26)5-11-18/h4-11,13-14H,1-3H3,(H,27,28,29). The summed E-state index contributed by atoms with van der Waals surface area (Å²) in [5.74, 6) is 0.0795. The van der Waals surface area contributed by atoms with E-state index in [1.54, 1.807) is 48.3 Å². The first-order chi connectivity index (χ1) is 14.2. The largest absolute Gasteiger partial charge is 0.421 e. The van der Waals surface area contributed by atoms with Crippen molar-refractivity contribution < 1.29 is 13.2 Å². The monoisotopic (exact) mass is 411 g/mol. The Bertz CT molecular complexity index is 1050. The van der Waals surface area contributed by atoms with E-state index in [2.05, 4.69) is 15.3 Å². The van der Waals surface area contributed by atoms with E-state index in [0.29, 0.717) is 22.9 Å². The summed E-state index contributed by atoms with van der Waals surface area (Å²) < 4.78 is 40.5. The van der Waals surface area contributed by atoms with Gasteiger partial charge in [0.15, 0.2) is 0 Å². The van der Waals surface area contributed by atoms with Crippen LogP contribution in [-0.4, -0.2) is 17.0 Å². The summed E-state index contributed by atoms with van der Waals surface area (Å²) in [6, 6.07) is 15.8. The van der Waals surface area contributed by atoms with Crippen LogP contribution in [0.5, 0.6) is 0 Å². The predicted molar refractivity (Wildman–Crippen MR) is 110 cm³/mol. The van der Waals surface area contributed by atoms with Gasteiger partial charge in [0.25, 0.3) is 0 Å². The Morgan fingerprint density at radius 1 is 1.03 bits per heavy atom. The molecule has 1 N–H and O–H groups in total. The van der Waals surface area contributed by atoms with Gasteiger partial charge >= 0.3 is 6.18 Å². The summed E-state index contributed by atoms with van der Waals surface area (Å²) in [7, 11) is 1.64. The molecule has 8 heteroatoms. The second-order valence-electron chi connectivity index (χ2n) is 7.05. The Balaban J connectivity index is 1.96. The smallest absolute Gasteiger partial charge is 0.340 e. The zero-order valence-electron chi connectivity index (χ0n) is 16.7. The van der Waals surface area contributed by atoms with Crippen LogP contribution in [0.1, 0.15) is 36.5 Å². The van der Waals surface area contributed by atoms with Gasteiger partial charge in [-0.05, 0) is 47.9 Å². The summed E-state index contributed by atoms with van der Waals surface area (Å²) in [4.78, 5) is 9.57. The summed E-state index contributed by atoms with van der Waals surface area (Å²) in [6.45, 7) is 4.08.